The molecule has 1 aromatic rings. The predicted molar refractivity (Wildman–Crippen MR) is 81.2 cm³/mol. The van der Waals surface area contributed by atoms with Gasteiger partial charge in [-0.2, -0.15) is 0 Å². The van der Waals surface area contributed by atoms with E-state index in [1.807, 2.05) is 6.07 Å². The molecular formula is C15H24BNO3. The van der Waals surface area contributed by atoms with E-state index in [0.717, 1.165) is 19.0 Å². The van der Waals surface area contributed by atoms with Crippen molar-refractivity contribution in [2.24, 2.45) is 5.92 Å². The molecule has 1 saturated heterocycles. The molecule has 1 aliphatic rings. The van der Waals surface area contributed by atoms with Crippen molar-refractivity contribution in [3.63, 3.8) is 0 Å². The van der Waals surface area contributed by atoms with Gasteiger partial charge in [0.15, 0.2) is 0 Å². The van der Waals surface area contributed by atoms with Gasteiger partial charge in [-0.25, -0.2) is 0 Å². The zero-order valence-electron chi connectivity index (χ0n) is 12.2. The summed E-state index contributed by atoms with van der Waals surface area (Å²) in [7, 11) is -1.44. The Morgan fingerprint density at radius 3 is 3.00 bits per heavy atom. The second-order valence-corrected chi connectivity index (χ2v) is 5.51. The van der Waals surface area contributed by atoms with Crippen LogP contribution < -0.4 is 10.2 Å². The maximum Gasteiger partial charge on any atom is 0.488 e. The molecule has 0 amide bonds. The molecule has 2 N–H and O–H groups in total. The molecule has 0 aromatic heterocycles. The van der Waals surface area contributed by atoms with Crippen molar-refractivity contribution in [1.82, 2.24) is 4.90 Å². The Bertz CT molecular complexity index is 414. The molecule has 0 saturated carbocycles. The number of hydrogen-bond donors (Lipinski definition) is 2. The van der Waals surface area contributed by atoms with Crippen LogP contribution in [0, 0.1) is 5.92 Å². The minimum absolute atomic E-state index is 0.464. The zero-order chi connectivity index (χ0) is 14.4. The smallest absolute Gasteiger partial charge is 0.488 e. The lowest BCUT2D eigenvalue weighted by Gasteiger charge is -2.32. The molecule has 0 aliphatic carbocycles. The maximum atomic E-state index is 9.13. The van der Waals surface area contributed by atoms with Crippen LogP contribution in [0.5, 0.6) is 5.75 Å². The van der Waals surface area contributed by atoms with Gasteiger partial charge in [0.1, 0.15) is 12.4 Å². The normalized spacial score (nSPS) is 19.9. The fraction of sp³-hybridized carbons (Fsp3) is 0.600. The van der Waals surface area contributed by atoms with Crippen molar-refractivity contribution in [3.8, 4) is 5.75 Å². The van der Waals surface area contributed by atoms with Gasteiger partial charge in [0.05, 0.1) is 0 Å². The SMILES string of the molecule is CCC1CCCN(CCOc2cccc(B(O)O)c2)C1. The van der Waals surface area contributed by atoms with Crippen LogP contribution >= 0.6 is 0 Å². The molecule has 0 bridgehead atoms. The first-order valence-electron chi connectivity index (χ1n) is 7.50. The van der Waals surface area contributed by atoms with Crippen LogP contribution in [-0.4, -0.2) is 48.3 Å². The topological polar surface area (TPSA) is 52.9 Å². The van der Waals surface area contributed by atoms with Gasteiger partial charge in [-0.15, -0.1) is 0 Å². The van der Waals surface area contributed by atoms with Crippen LogP contribution in [0.25, 0.3) is 0 Å². The fourth-order valence-electron chi connectivity index (χ4n) is 2.75. The summed E-state index contributed by atoms with van der Waals surface area (Å²) in [4.78, 5) is 2.46. The third kappa shape index (κ3) is 4.51. The third-order valence-corrected chi connectivity index (χ3v) is 4.01. The van der Waals surface area contributed by atoms with Crippen LogP contribution in [0.1, 0.15) is 26.2 Å². The van der Waals surface area contributed by atoms with E-state index in [-0.39, 0.29) is 0 Å². The Morgan fingerprint density at radius 2 is 2.25 bits per heavy atom. The van der Waals surface area contributed by atoms with Crippen molar-refractivity contribution >= 4 is 12.6 Å². The van der Waals surface area contributed by atoms with E-state index in [9.17, 15) is 0 Å². The van der Waals surface area contributed by atoms with E-state index in [4.69, 9.17) is 14.8 Å². The van der Waals surface area contributed by atoms with Crippen LogP contribution in [0.15, 0.2) is 24.3 Å². The van der Waals surface area contributed by atoms with Gasteiger partial charge in [0.2, 0.25) is 0 Å². The highest BCUT2D eigenvalue weighted by molar-refractivity contribution is 6.58. The second kappa shape index (κ2) is 7.67. The lowest BCUT2D eigenvalue weighted by atomic mass is 9.80. The van der Waals surface area contributed by atoms with E-state index >= 15 is 0 Å². The first-order chi connectivity index (χ1) is 9.69. The summed E-state index contributed by atoms with van der Waals surface area (Å²) in [6.07, 6.45) is 3.89. The van der Waals surface area contributed by atoms with Gasteiger partial charge in [0, 0.05) is 13.1 Å². The number of hydrogen-bond acceptors (Lipinski definition) is 4. The summed E-state index contributed by atoms with van der Waals surface area (Å²) in [5.41, 5.74) is 0.464. The van der Waals surface area contributed by atoms with Gasteiger partial charge in [-0.05, 0) is 42.9 Å². The van der Waals surface area contributed by atoms with Crippen molar-refractivity contribution in [3.05, 3.63) is 24.3 Å². The Hall–Kier alpha value is -1.04. The van der Waals surface area contributed by atoms with Gasteiger partial charge in [-0.3, -0.25) is 4.90 Å². The Balaban J connectivity index is 1.76. The second-order valence-electron chi connectivity index (χ2n) is 5.51. The standard InChI is InChI=1S/C15H24BNO3/c1-2-13-5-4-8-17(12-13)9-10-20-15-7-3-6-14(11-15)16(18)19/h3,6-7,11,13,18-19H,2,4-5,8-10,12H2,1H3. The molecule has 20 heavy (non-hydrogen) atoms. The van der Waals surface area contributed by atoms with Gasteiger partial charge >= 0.3 is 7.12 Å². The van der Waals surface area contributed by atoms with Crippen LogP contribution in [0.3, 0.4) is 0 Å². The summed E-state index contributed by atoms with van der Waals surface area (Å²) in [5.74, 6) is 1.52. The first-order valence-corrected chi connectivity index (χ1v) is 7.50. The molecule has 5 heteroatoms. The lowest BCUT2D eigenvalue weighted by Crippen LogP contribution is -2.37. The number of ether oxygens (including phenoxy) is 1. The molecule has 0 radical (unpaired) electrons. The van der Waals surface area contributed by atoms with Gasteiger partial charge < -0.3 is 14.8 Å². The maximum absolute atomic E-state index is 9.13. The summed E-state index contributed by atoms with van der Waals surface area (Å²) >= 11 is 0. The van der Waals surface area contributed by atoms with Gasteiger partial charge in [-0.1, -0.05) is 25.5 Å². The fourth-order valence-corrected chi connectivity index (χ4v) is 2.75. The van der Waals surface area contributed by atoms with Crippen LogP contribution in [-0.2, 0) is 0 Å². The number of nitrogens with zero attached hydrogens (tertiary/aromatic N) is 1. The molecular weight excluding hydrogens is 253 g/mol. The molecule has 1 atom stereocenters. The summed E-state index contributed by atoms with van der Waals surface area (Å²) < 4.78 is 5.70. The van der Waals surface area contributed by atoms with E-state index < -0.39 is 7.12 Å². The molecule has 1 heterocycles. The highest BCUT2D eigenvalue weighted by Gasteiger charge is 2.18. The number of rotatable bonds is 6. The number of likely N-dealkylation sites (tertiary alicyclic amines) is 1. The van der Waals surface area contributed by atoms with Crippen molar-refractivity contribution < 1.29 is 14.8 Å². The summed E-state index contributed by atoms with van der Waals surface area (Å²) in [6.45, 7) is 6.17. The average Bonchev–Trinajstić information content (AvgIpc) is 2.48. The predicted octanol–water partition coefficient (Wildman–Crippen LogP) is 0.867. The first kappa shape index (κ1) is 15.4. The van der Waals surface area contributed by atoms with Crippen LogP contribution in [0.4, 0.5) is 0 Å². The third-order valence-electron chi connectivity index (χ3n) is 4.01. The molecule has 1 aliphatic heterocycles. The molecule has 1 unspecified atom stereocenters. The highest BCUT2D eigenvalue weighted by Crippen LogP contribution is 2.18. The molecule has 4 nitrogen and oxygen atoms in total. The largest absolute Gasteiger partial charge is 0.492 e. The van der Waals surface area contributed by atoms with Crippen LogP contribution in [0.2, 0.25) is 0 Å². The van der Waals surface area contributed by atoms with E-state index in [0.29, 0.717) is 17.8 Å². The quantitative estimate of drug-likeness (QED) is 0.758. The molecule has 2 rings (SSSR count). The molecule has 1 fully saturated rings. The van der Waals surface area contributed by atoms with Crippen molar-refractivity contribution in [2.75, 3.05) is 26.2 Å². The zero-order valence-corrected chi connectivity index (χ0v) is 12.2. The van der Waals surface area contributed by atoms with E-state index in [1.165, 1.54) is 25.8 Å². The number of benzene rings is 1. The average molecular weight is 277 g/mol. The van der Waals surface area contributed by atoms with Gasteiger partial charge in [0.25, 0.3) is 0 Å². The minimum atomic E-state index is -1.44. The molecule has 0 spiro atoms. The Morgan fingerprint density at radius 1 is 1.40 bits per heavy atom. The van der Waals surface area contributed by atoms with Crippen molar-refractivity contribution in [2.45, 2.75) is 26.2 Å². The monoisotopic (exact) mass is 277 g/mol. The van der Waals surface area contributed by atoms with Crippen molar-refractivity contribution in [1.29, 1.82) is 0 Å². The lowest BCUT2D eigenvalue weighted by molar-refractivity contribution is 0.145. The number of piperidine rings is 1. The highest BCUT2D eigenvalue weighted by atomic mass is 16.5. The van der Waals surface area contributed by atoms with E-state index in [2.05, 4.69) is 11.8 Å². The van der Waals surface area contributed by atoms with E-state index in [1.54, 1.807) is 18.2 Å². The molecule has 1 aromatic carbocycles. The minimum Gasteiger partial charge on any atom is -0.492 e. The summed E-state index contributed by atoms with van der Waals surface area (Å²) in [6, 6.07) is 6.97. The molecule has 110 valence electrons. The Kier molecular flexibility index (Phi) is 5.89. The summed E-state index contributed by atoms with van der Waals surface area (Å²) in [5, 5.41) is 18.3. The Labute approximate surface area is 121 Å².